The van der Waals surface area contributed by atoms with Gasteiger partial charge in [-0.1, -0.05) is 11.6 Å². The van der Waals surface area contributed by atoms with E-state index in [9.17, 15) is 0 Å². The van der Waals surface area contributed by atoms with Crippen LogP contribution in [-0.4, -0.2) is 28.7 Å². The molecule has 2 aromatic rings. The third-order valence-electron chi connectivity index (χ3n) is 3.96. The predicted octanol–water partition coefficient (Wildman–Crippen LogP) is 6.11. The van der Waals surface area contributed by atoms with E-state index < -0.39 is 0 Å². The Bertz CT molecular complexity index is 757. The first kappa shape index (κ1) is 17.7. The molecule has 0 unspecified atom stereocenters. The number of aromatic nitrogens is 1. The topological polar surface area (TPSA) is 37.7 Å². The van der Waals surface area contributed by atoms with E-state index in [2.05, 4.69) is 30.2 Å². The third-order valence-corrected chi connectivity index (χ3v) is 6.28. The van der Waals surface area contributed by atoms with Crippen molar-refractivity contribution in [3.63, 3.8) is 0 Å². The summed E-state index contributed by atoms with van der Waals surface area (Å²) in [5.74, 6) is 0.723. The molecule has 24 heavy (non-hydrogen) atoms. The summed E-state index contributed by atoms with van der Waals surface area (Å²) in [6.45, 7) is 6.07. The minimum atomic E-state index is 0.584. The van der Waals surface area contributed by atoms with Gasteiger partial charge in [-0.25, -0.2) is 4.99 Å². The quantitative estimate of drug-likeness (QED) is 0.435. The molecule has 0 amide bonds. The van der Waals surface area contributed by atoms with Crippen LogP contribution in [0, 0.1) is 13.8 Å². The van der Waals surface area contributed by atoms with Crippen LogP contribution in [0.2, 0.25) is 5.02 Å². The molecular weight excluding hydrogens is 410 g/mol. The van der Waals surface area contributed by atoms with Gasteiger partial charge in [-0.15, -0.1) is 0 Å². The van der Waals surface area contributed by atoms with E-state index in [1.54, 1.807) is 0 Å². The first-order valence-corrected chi connectivity index (χ1v) is 9.87. The number of aliphatic imine (C=N–C) groups is 1. The van der Waals surface area contributed by atoms with Crippen LogP contribution in [0.25, 0.3) is 0 Å². The summed E-state index contributed by atoms with van der Waals surface area (Å²) in [5, 5.41) is 1.32. The summed E-state index contributed by atoms with van der Waals surface area (Å²) in [6.07, 6.45) is 5.68. The van der Waals surface area contributed by atoms with Crippen molar-refractivity contribution in [1.29, 1.82) is 0 Å². The molecule has 1 aliphatic rings. The molecule has 7 heteroatoms. The molecule has 0 bridgehead atoms. The number of halogens is 2. The minimum absolute atomic E-state index is 0.584. The average molecular weight is 429 g/mol. The van der Waals surface area contributed by atoms with Gasteiger partial charge in [0.2, 0.25) is 5.06 Å². The highest BCUT2D eigenvalue weighted by Crippen LogP contribution is 2.39. The molecule has 0 aliphatic carbocycles. The Balaban J connectivity index is 1.78. The Hall–Kier alpha value is -1.11. The van der Waals surface area contributed by atoms with Gasteiger partial charge >= 0.3 is 0 Å². The fraction of sp³-hybridized carbons (Fsp3) is 0.412. The Morgan fingerprint density at radius 1 is 1.29 bits per heavy atom. The Morgan fingerprint density at radius 3 is 2.71 bits per heavy atom. The molecule has 2 heterocycles. The van der Waals surface area contributed by atoms with Crippen LogP contribution in [0.15, 0.2) is 21.6 Å². The van der Waals surface area contributed by atoms with Crippen LogP contribution in [0.3, 0.4) is 0 Å². The molecule has 1 aliphatic heterocycles. The van der Waals surface area contributed by atoms with E-state index >= 15 is 0 Å². The Labute approximate surface area is 159 Å². The van der Waals surface area contributed by atoms with Crippen LogP contribution < -0.4 is 4.74 Å². The summed E-state index contributed by atoms with van der Waals surface area (Å²) >= 11 is 11.2. The Morgan fingerprint density at radius 2 is 2.04 bits per heavy atom. The molecule has 0 atom stereocenters. The van der Waals surface area contributed by atoms with Crippen LogP contribution in [0.1, 0.15) is 30.5 Å². The van der Waals surface area contributed by atoms with E-state index in [1.807, 2.05) is 32.3 Å². The van der Waals surface area contributed by atoms with Gasteiger partial charge in [0.1, 0.15) is 5.75 Å². The van der Waals surface area contributed by atoms with Gasteiger partial charge < -0.3 is 9.64 Å². The number of likely N-dealkylation sites (tertiary alicyclic amines) is 1. The zero-order valence-corrected chi connectivity index (χ0v) is 16.8. The van der Waals surface area contributed by atoms with Crippen molar-refractivity contribution in [3.8, 4) is 10.8 Å². The number of nitrogens with zero attached hydrogens (tertiary/aromatic N) is 3. The number of hydrogen-bond acceptors (Lipinski definition) is 4. The lowest BCUT2D eigenvalue weighted by Gasteiger charge is -2.23. The van der Waals surface area contributed by atoms with Crippen molar-refractivity contribution >= 4 is 51.1 Å². The molecule has 1 saturated heterocycles. The third kappa shape index (κ3) is 4.10. The lowest BCUT2D eigenvalue weighted by molar-refractivity contribution is 0.351. The molecule has 3 rings (SSSR count). The average Bonchev–Trinajstić information content (AvgIpc) is 2.89. The number of ether oxygens (including phenoxy) is 1. The molecule has 1 aromatic heterocycles. The van der Waals surface area contributed by atoms with Crippen LogP contribution >= 0.6 is 39.1 Å². The summed E-state index contributed by atoms with van der Waals surface area (Å²) in [7, 11) is 0. The van der Waals surface area contributed by atoms with E-state index in [1.165, 1.54) is 30.8 Å². The number of piperidine rings is 1. The lowest BCUT2D eigenvalue weighted by atomic mass is 10.1. The zero-order valence-electron chi connectivity index (χ0n) is 13.7. The van der Waals surface area contributed by atoms with E-state index in [0.29, 0.717) is 5.02 Å². The molecule has 4 nitrogen and oxygen atoms in total. The normalized spacial score (nSPS) is 15.2. The van der Waals surface area contributed by atoms with Gasteiger partial charge in [-0.2, -0.15) is 4.37 Å². The van der Waals surface area contributed by atoms with Crippen LogP contribution in [0.4, 0.5) is 5.69 Å². The van der Waals surface area contributed by atoms with Crippen molar-refractivity contribution < 1.29 is 4.74 Å². The summed E-state index contributed by atoms with van der Waals surface area (Å²) in [5.41, 5.74) is 2.68. The molecule has 1 fully saturated rings. The monoisotopic (exact) mass is 427 g/mol. The first-order chi connectivity index (χ1) is 11.5. The summed E-state index contributed by atoms with van der Waals surface area (Å²) in [6, 6.07) is 3.78. The van der Waals surface area contributed by atoms with Gasteiger partial charge in [0.05, 0.1) is 27.2 Å². The van der Waals surface area contributed by atoms with E-state index in [0.717, 1.165) is 45.3 Å². The maximum Gasteiger partial charge on any atom is 0.214 e. The van der Waals surface area contributed by atoms with E-state index in [-0.39, 0.29) is 0 Å². The second-order valence-corrected chi connectivity index (χ2v) is 7.82. The van der Waals surface area contributed by atoms with Gasteiger partial charge in [0.15, 0.2) is 0 Å². The Kier molecular flexibility index (Phi) is 5.79. The molecule has 128 valence electrons. The molecule has 0 N–H and O–H groups in total. The summed E-state index contributed by atoms with van der Waals surface area (Å²) in [4.78, 5) is 6.80. The van der Waals surface area contributed by atoms with E-state index in [4.69, 9.17) is 16.3 Å². The summed E-state index contributed by atoms with van der Waals surface area (Å²) < 4.78 is 11.1. The molecule has 0 spiro atoms. The largest absolute Gasteiger partial charge is 0.444 e. The molecule has 1 aromatic carbocycles. The van der Waals surface area contributed by atoms with Gasteiger partial charge in [-0.3, -0.25) is 0 Å². The number of hydrogen-bond donors (Lipinski definition) is 0. The van der Waals surface area contributed by atoms with Gasteiger partial charge in [0.25, 0.3) is 0 Å². The SMILES string of the molecule is Cc1cc(/N=C/N2CCCCC2)c(Cl)cc1Oc1snc(C)c1Br. The maximum atomic E-state index is 6.39. The second kappa shape index (κ2) is 7.85. The highest BCUT2D eigenvalue weighted by atomic mass is 79.9. The van der Waals surface area contributed by atoms with Crippen LogP contribution in [-0.2, 0) is 0 Å². The van der Waals surface area contributed by atoms with Gasteiger partial charge in [-0.05, 0) is 60.7 Å². The van der Waals surface area contributed by atoms with Gasteiger partial charge in [0, 0.05) is 30.7 Å². The van der Waals surface area contributed by atoms with Crippen molar-refractivity contribution in [3.05, 3.63) is 32.9 Å². The fourth-order valence-electron chi connectivity index (χ4n) is 2.54. The standard InChI is InChI=1S/C17H19BrClN3OS/c1-11-8-14(20-10-22-6-4-3-5-7-22)13(19)9-15(11)23-17-16(18)12(2)21-24-17/h8-10H,3-7H2,1-2H3/b20-10+. The minimum Gasteiger partial charge on any atom is -0.444 e. The van der Waals surface area contributed by atoms with Crippen molar-refractivity contribution in [2.75, 3.05) is 13.1 Å². The number of rotatable bonds is 4. The van der Waals surface area contributed by atoms with Crippen LogP contribution in [0.5, 0.6) is 10.8 Å². The second-order valence-electron chi connectivity index (χ2n) is 5.88. The first-order valence-electron chi connectivity index (χ1n) is 7.92. The van der Waals surface area contributed by atoms with Crippen molar-refractivity contribution in [2.24, 2.45) is 4.99 Å². The maximum absolute atomic E-state index is 6.39. The fourth-order valence-corrected chi connectivity index (χ4v) is 3.91. The van der Waals surface area contributed by atoms with Crippen molar-refractivity contribution in [1.82, 2.24) is 9.27 Å². The highest BCUT2D eigenvalue weighted by molar-refractivity contribution is 9.10. The lowest BCUT2D eigenvalue weighted by Crippen LogP contribution is -2.27. The highest BCUT2D eigenvalue weighted by Gasteiger charge is 2.13. The van der Waals surface area contributed by atoms with Crippen molar-refractivity contribution in [2.45, 2.75) is 33.1 Å². The molecular formula is C17H19BrClN3OS. The molecule has 0 radical (unpaired) electrons. The smallest absolute Gasteiger partial charge is 0.214 e. The molecule has 0 saturated carbocycles. The number of aryl methyl sites for hydroxylation is 2. The number of benzene rings is 1. The zero-order chi connectivity index (χ0) is 17.1. The predicted molar refractivity (Wildman–Crippen MR) is 104 cm³/mol.